The van der Waals surface area contributed by atoms with E-state index in [2.05, 4.69) is 26.0 Å². The fourth-order valence-corrected chi connectivity index (χ4v) is 2.50. The summed E-state index contributed by atoms with van der Waals surface area (Å²) in [4.78, 5) is 1.25. The van der Waals surface area contributed by atoms with Gasteiger partial charge in [-0.25, -0.2) is 0 Å². The van der Waals surface area contributed by atoms with Gasteiger partial charge in [-0.15, -0.1) is 11.8 Å². The fraction of sp³-hybridized carbons (Fsp3) is 0.400. The van der Waals surface area contributed by atoms with Crippen LogP contribution in [0.2, 0.25) is 0 Å². The molecule has 0 aromatic heterocycles. The van der Waals surface area contributed by atoms with Crippen molar-refractivity contribution in [3.8, 4) is 0 Å². The number of aryl methyl sites for hydroxylation is 1. The maximum Gasteiger partial charge on any atom is 0.491 e. The molecular weight excluding hydrogens is 195 g/mol. The molecule has 0 unspecified atom stereocenters. The van der Waals surface area contributed by atoms with E-state index in [0.29, 0.717) is 6.61 Å². The van der Waals surface area contributed by atoms with E-state index < -0.39 is 7.12 Å². The number of fused-ring (bicyclic) bond motifs is 1. The van der Waals surface area contributed by atoms with Gasteiger partial charge in [0.1, 0.15) is 0 Å². The second kappa shape index (κ2) is 3.97. The lowest BCUT2D eigenvalue weighted by molar-refractivity contribution is 0.275. The molecule has 14 heavy (non-hydrogen) atoms. The number of hydrogen-bond donors (Lipinski definition) is 1. The predicted molar refractivity (Wildman–Crippen MR) is 60.0 cm³/mol. The molecule has 0 bridgehead atoms. The van der Waals surface area contributed by atoms with Crippen LogP contribution >= 0.6 is 11.8 Å². The van der Waals surface area contributed by atoms with E-state index in [0.717, 1.165) is 16.8 Å². The molecule has 0 aliphatic carbocycles. The number of hydrogen-bond acceptors (Lipinski definition) is 3. The molecule has 1 N–H and O–H groups in total. The van der Waals surface area contributed by atoms with E-state index in [-0.39, 0.29) is 0 Å². The summed E-state index contributed by atoms with van der Waals surface area (Å²) in [6.45, 7) is 4.77. The Hall–Kier alpha value is -0.445. The summed E-state index contributed by atoms with van der Waals surface area (Å²) in [6, 6.07) is 4.17. The summed E-state index contributed by atoms with van der Waals surface area (Å²) in [5.41, 5.74) is 3.33. The molecule has 0 spiro atoms. The molecule has 2 nitrogen and oxygen atoms in total. The van der Waals surface area contributed by atoms with Crippen molar-refractivity contribution in [1.82, 2.24) is 0 Å². The van der Waals surface area contributed by atoms with Crippen LogP contribution in [0.25, 0.3) is 0 Å². The molecule has 0 fully saturated rings. The Morgan fingerprint density at radius 2 is 2.36 bits per heavy atom. The molecule has 0 atom stereocenters. The third-order valence-corrected chi connectivity index (χ3v) is 3.44. The van der Waals surface area contributed by atoms with Gasteiger partial charge < -0.3 is 9.68 Å². The van der Waals surface area contributed by atoms with E-state index in [1.54, 1.807) is 11.8 Å². The van der Waals surface area contributed by atoms with Crippen LogP contribution in [-0.4, -0.2) is 17.9 Å². The summed E-state index contributed by atoms with van der Waals surface area (Å²) in [6.07, 6.45) is 0. The Labute approximate surface area is 88.8 Å². The van der Waals surface area contributed by atoms with Gasteiger partial charge in [0.05, 0.1) is 6.61 Å². The first kappa shape index (κ1) is 10.1. The minimum absolute atomic E-state index is 0.536. The first-order valence-electron chi connectivity index (χ1n) is 4.78. The quantitative estimate of drug-likeness (QED) is 0.587. The minimum atomic E-state index is -0.721. The van der Waals surface area contributed by atoms with Crippen molar-refractivity contribution in [3.63, 3.8) is 0 Å². The third kappa shape index (κ3) is 1.70. The summed E-state index contributed by atoms with van der Waals surface area (Å²) in [7, 11) is -0.721. The Kier molecular flexibility index (Phi) is 2.86. The molecule has 4 heteroatoms. The van der Waals surface area contributed by atoms with Crippen molar-refractivity contribution >= 4 is 24.3 Å². The second-order valence-electron chi connectivity index (χ2n) is 3.41. The van der Waals surface area contributed by atoms with E-state index in [1.165, 1.54) is 10.5 Å². The summed E-state index contributed by atoms with van der Waals surface area (Å²) in [5, 5.41) is 9.53. The Bertz CT molecular complexity index is 354. The molecule has 1 aromatic rings. The predicted octanol–water partition coefficient (Wildman–Crippen LogP) is 1.32. The van der Waals surface area contributed by atoms with Gasteiger partial charge in [0.2, 0.25) is 0 Å². The number of thioether (sulfide) groups is 1. The lowest BCUT2D eigenvalue weighted by Crippen LogP contribution is -2.28. The van der Waals surface area contributed by atoms with Crippen LogP contribution < -0.4 is 5.46 Å². The van der Waals surface area contributed by atoms with Gasteiger partial charge in [-0.1, -0.05) is 13.0 Å². The molecule has 1 aromatic carbocycles. The maximum atomic E-state index is 9.53. The highest BCUT2D eigenvalue weighted by molar-refractivity contribution is 7.99. The highest BCUT2D eigenvalue weighted by Gasteiger charge is 2.27. The summed E-state index contributed by atoms with van der Waals surface area (Å²) in [5.74, 6) is 1.05. The van der Waals surface area contributed by atoms with Gasteiger partial charge in [0.15, 0.2) is 0 Å². The van der Waals surface area contributed by atoms with Crippen LogP contribution in [0.3, 0.4) is 0 Å². The van der Waals surface area contributed by atoms with E-state index in [4.69, 9.17) is 4.65 Å². The van der Waals surface area contributed by atoms with Crippen LogP contribution in [0.1, 0.15) is 18.1 Å². The first-order valence-corrected chi connectivity index (χ1v) is 5.77. The van der Waals surface area contributed by atoms with Crippen molar-refractivity contribution in [3.05, 3.63) is 23.3 Å². The summed E-state index contributed by atoms with van der Waals surface area (Å²) >= 11 is 1.80. The van der Waals surface area contributed by atoms with Crippen LogP contribution in [-0.2, 0) is 11.3 Å². The highest BCUT2D eigenvalue weighted by Crippen LogP contribution is 2.24. The average Bonchev–Trinajstić information content (AvgIpc) is 2.49. The maximum absolute atomic E-state index is 9.53. The van der Waals surface area contributed by atoms with Crippen LogP contribution in [0, 0.1) is 6.92 Å². The van der Waals surface area contributed by atoms with Gasteiger partial charge in [-0.05, 0) is 35.3 Å². The van der Waals surface area contributed by atoms with Crippen LogP contribution in [0.15, 0.2) is 17.0 Å². The van der Waals surface area contributed by atoms with E-state index in [9.17, 15) is 5.02 Å². The summed E-state index contributed by atoms with van der Waals surface area (Å²) < 4.78 is 5.16. The Balaban J connectivity index is 2.41. The number of benzene rings is 1. The van der Waals surface area contributed by atoms with Crippen molar-refractivity contribution in [2.45, 2.75) is 25.3 Å². The van der Waals surface area contributed by atoms with E-state index >= 15 is 0 Å². The van der Waals surface area contributed by atoms with Crippen LogP contribution in [0.4, 0.5) is 0 Å². The fourth-order valence-electron chi connectivity index (χ4n) is 1.69. The topological polar surface area (TPSA) is 29.5 Å². The second-order valence-corrected chi connectivity index (χ2v) is 4.72. The third-order valence-electron chi connectivity index (χ3n) is 2.40. The SMILES string of the molecule is CCSc1cc2c(cc1C)COB2O. The first-order chi connectivity index (χ1) is 6.72. The van der Waals surface area contributed by atoms with Gasteiger partial charge in [0, 0.05) is 4.90 Å². The lowest BCUT2D eigenvalue weighted by atomic mass is 9.79. The van der Waals surface area contributed by atoms with Crippen molar-refractivity contribution in [2.24, 2.45) is 0 Å². The molecule has 1 aliphatic heterocycles. The molecule has 0 saturated heterocycles. The average molecular weight is 208 g/mol. The molecule has 74 valence electrons. The Morgan fingerprint density at radius 1 is 1.57 bits per heavy atom. The zero-order chi connectivity index (χ0) is 10.1. The monoisotopic (exact) mass is 208 g/mol. The van der Waals surface area contributed by atoms with Crippen molar-refractivity contribution < 1.29 is 9.68 Å². The van der Waals surface area contributed by atoms with Gasteiger partial charge in [-0.2, -0.15) is 0 Å². The number of rotatable bonds is 2. The van der Waals surface area contributed by atoms with Gasteiger partial charge in [-0.3, -0.25) is 0 Å². The zero-order valence-corrected chi connectivity index (χ0v) is 9.23. The van der Waals surface area contributed by atoms with E-state index in [1.807, 2.05) is 0 Å². The normalized spacial score (nSPS) is 14.6. The molecule has 0 saturated carbocycles. The van der Waals surface area contributed by atoms with Crippen molar-refractivity contribution in [2.75, 3.05) is 5.75 Å². The molecule has 0 amide bonds. The van der Waals surface area contributed by atoms with Crippen LogP contribution in [0.5, 0.6) is 0 Å². The molecule has 2 rings (SSSR count). The van der Waals surface area contributed by atoms with Gasteiger partial charge in [0.25, 0.3) is 0 Å². The zero-order valence-electron chi connectivity index (χ0n) is 8.41. The standard InChI is InChI=1S/C10H13BO2S/c1-3-14-10-5-9-8(4-7(10)2)6-13-11(9)12/h4-5,12H,3,6H2,1-2H3. The largest absolute Gasteiger partial charge is 0.491 e. The highest BCUT2D eigenvalue weighted by atomic mass is 32.2. The Morgan fingerprint density at radius 3 is 3.07 bits per heavy atom. The molecule has 0 radical (unpaired) electrons. The lowest BCUT2D eigenvalue weighted by Gasteiger charge is -2.07. The molecule has 1 heterocycles. The minimum Gasteiger partial charge on any atom is -0.423 e. The van der Waals surface area contributed by atoms with Crippen molar-refractivity contribution in [1.29, 1.82) is 0 Å². The smallest absolute Gasteiger partial charge is 0.423 e. The molecular formula is C10H13BO2S. The molecule has 1 aliphatic rings. The van der Waals surface area contributed by atoms with Gasteiger partial charge >= 0.3 is 7.12 Å².